The van der Waals surface area contributed by atoms with Gasteiger partial charge in [-0.1, -0.05) is 83.4 Å². The van der Waals surface area contributed by atoms with Gasteiger partial charge in [-0.25, -0.2) is 51.6 Å². The number of nitrogens with zero attached hydrogens (tertiary/aromatic N) is 3. The van der Waals surface area contributed by atoms with Crippen molar-refractivity contribution in [3.8, 4) is 0 Å². The Morgan fingerprint density at radius 1 is 0.410 bits per heavy atom. The zero-order chi connectivity index (χ0) is 56.2. The molecule has 0 radical (unpaired) electrons. The number of benzene rings is 6. The molecule has 0 aliphatic heterocycles. The quantitative estimate of drug-likeness (QED) is 0.0536. The highest BCUT2D eigenvalue weighted by atomic mass is 32.2. The summed E-state index contributed by atoms with van der Waals surface area (Å²) in [5.41, 5.74) is 6.92. The number of hydrogen-bond acceptors (Lipinski definition) is 12. The van der Waals surface area contributed by atoms with Gasteiger partial charge >= 0.3 is 17.9 Å². The molecule has 0 fully saturated rings. The van der Waals surface area contributed by atoms with E-state index in [9.17, 15) is 39.6 Å². The van der Waals surface area contributed by atoms with E-state index in [2.05, 4.69) is 0 Å². The summed E-state index contributed by atoms with van der Waals surface area (Å²) in [6, 6.07) is 41.5. The van der Waals surface area contributed by atoms with Crippen molar-refractivity contribution in [3.05, 3.63) is 216 Å². The second kappa shape index (κ2) is 25.1. The molecule has 0 saturated heterocycles. The summed E-state index contributed by atoms with van der Waals surface area (Å²) in [7, 11) is -11.0. The molecule has 402 valence electrons. The normalized spacial score (nSPS) is 11.9. The Labute approximate surface area is 454 Å². The molecule has 18 heteroatoms. The van der Waals surface area contributed by atoms with Gasteiger partial charge in [0.25, 0.3) is 30.1 Å². The molecule has 0 spiro atoms. The van der Waals surface area contributed by atoms with Gasteiger partial charge in [-0.15, -0.1) is 0 Å². The molecule has 0 aliphatic carbocycles. The Kier molecular flexibility index (Phi) is 18.3. The number of carbonyl (C=O) groups is 3. The van der Waals surface area contributed by atoms with Crippen LogP contribution in [0.2, 0.25) is 0 Å². The monoisotopic (exact) mass is 1110 g/mol. The molecule has 0 saturated carbocycles. The Bertz CT molecular complexity index is 4000. The number of carbonyl (C=O) groups excluding carboxylic acids is 3. The van der Waals surface area contributed by atoms with Crippen molar-refractivity contribution in [2.75, 3.05) is 19.8 Å². The number of ether oxygens (including phenoxy) is 3. The van der Waals surface area contributed by atoms with Gasteiger partial charge in [-0.2, -0.15) is 0 Å². The van der Waals surface area contributed by atoms with Gasteiger partial charge < -0.3 is 14.2 Å². The predicted molar refractivity (Wildman–Crippen MR) is 304 cm³/mol. The highest BCUT2D eigenvalue weighted by Gasteiger charge is 2.22. The van der Waals surface area contributed by atoms with Gasteiger partial charge in [-0.05, 0) is 155 Å². The van der Waals surface area contributed by atoms with Crippen LogP contribution >= 0.6 is 0 Å². The number of fused-ring (bicyclic) bond motifs is 3. The molecule has 0 unspecified atom stereocenters. The first kappa shape index (κ1) is 57.1. The highest BCUT2D eigenvalue weighted by Crippen LogP contribution is 2.28. The summed E-state index contributed by atoms with van der Waals surface area (Å²) >= 11 is 0. The second-order valence-electron chi connectivity index (χ2n) is 17.5. The number of esters is 3. The fraction of sp³-hybridized carbons (Fsp3) is 0.150. The minimum absolute atomic E-state index is 0.230. The summed E-state index contributed by atoms with van der Waals surface area (Å²) < 4.78 is 95.9. The Morgan fingerprint density at radius 2 is 0.808 bits per heavy atom. The molecule has 15 nitrogen and oxygen atoms in total. The third-order valence-electron chi connectivity index (χ3n) is 11.9. The first-order valence-electron chi connectivity index (χ1n) is 24.6. The average Bonchev–Trinajstić information content (AvgIpc) is 4.24. The molecule has 3 heterocycles. The van der Waals surface area contributed by atoms with E-state index in [0.29, 0.717) is 41.9 Å². The zero-order valence-corrected chi connectivity index (χ0v) is 46.1. The van der Waals surface area contributed by atoms with Crippen LogP contribution in [0.4, 0.5) is 0 Å². The topological polar surface area (TPSA) is 196 Å². The molecule has 0 aliphatic rings. The van der Waals surface area contributed by atoms with E-state index < -0.39 is 48.0 Å². The van der Waals surface area contributed by atoms with Crippen LogP contribution in [0.1, 0.15) is 54.2 Å². The van der Waals surface area contributed by atoms with E-state index in [1.807, 2.05) is 45.0 Å². The average molecular weight is 1110 g/mol. The second-order valence-corrected chi connectivity index (χ2v) is 22.9. The third kappa shape index (κ3) is 13.5. The summed E-state index contributed by atoms with van der Waals surface area (Å²) in [5.74, 6) is -1.28. The van der Waals surface area contributed by atoms with E-state index in [1.165, 1.54) is 36.3 Å². The summed E-state index contributed by atoms with van der Waals surface area (Å²) in [4.78, 5) is 35.1. The lowest BCUT2D eigenvalue weighted by molar-refractivity contribution is -0.138. The van der Waals surface area contributed by atoms with Gasteiger partial charge in [0.05, 0.1) is 51.1 Å². The van der Waals surface area contributed by atoms with E-state index >= 15 is 0 Å². The van der Waals surface area contributed by atoms with Gasteiger partial charge in [0, 0.05) is 53.0 Å². The highest BCUT2D eigenvalue weighted by molar-refractivity contribution is 7.90. The first-order chi connectivity index (χ1) is 37.3. The maximum Gasteiger partial charge on any atom is 0.330 e. The van der Waals surface area contributed by atoms with Gasteiger partial charge in [-0.3, -0.25) is 0 Å². The number of rotatable bonds is 15. The maximum atomic E-state index is 13.0. The van der Waals surface area contributed by atoms with Crippen LogP contribution in [0.5, 0.6) is 0 Å². The fourth-order valence-electron chi connectivity index (χ4n) is 7.93. The Balaban J connectivity index is 0.000000170. The van der Waals surface area contributed by atoms with E-state index in [4.69, 9.17) is 14.2 Å². The number of hydrogen-bond donors (Lipinski definition) is 0. The Hall–Kier alpha value is -8.58. The fourth-order valence-corrected chi connectivity index (χ4v) is 12.0. The lowest BCUT2D eigenvalue weighted by Crippen LogP contribution is -2.11. The number of aryl methyl sites for hydroxylation is 3. The molecule has 9 rings (SSSR count). The molecule has 78 heavy (non-hydrogen) atoms. The van der Waals surface area contributed by atoms with Crippen molar-refractivity contribution in [2.24, 2.45) is 0 Å². The van der Waals surface area contributed by atoms with E-state index in [1.54, 1.807) is 173 Å². The summed E-state index contributed by atoms with van der Waals surface area (Å²) in [6.45, 7) is 11.9. The molecular weight excluding hydrogens is 1050 g/mol. The lowest BCUT2D eigenvalue weighted by atomic mass is 10.1. The molecule has 6 aromatic carbocycles. The molecule has 0 amide bonds. The molecule has 3 aromatic heterocycles. The zero-order valence-electron chi connectivity index (χ0n) is 43.6. The molecular formula is C60H57N3O12S3. The van der Waals surface area contributed by atoms with Crippen LogP contribution in [0.25, 0.3) is 50.9 Å². The first-order valence-corrected chi connectivity index (χ1v) is 28.9. The third-order valence-corrected chi connectivity index (χ3v) is 17.0. The standard InChI is InChI=1S/3C20H19NO4S/c1-3-25-20(22)11-7-16-6-8-17-12-13-21(19(17)14-16)26(23,24)18-9-4-15(2)5-10-18;1-3-25-20(22)11-7-16-6-10-19-17(14-16)12-13-21(19)26(23,24)18-8-4-15(2)5-9-18;1-3-25-20(22)12-9-16-5-4-6-19-18(16)13-14-21(19)26(23,24)17-10-7-15(2)8-11-17/h3*4-14H,3H2,1-2H3/b2*11-7+;12-9+. The minimum Gasteiger partial charge on any atom is -0.463 e. The SMILES string of the molecule is CCOC(=O)/C=C/c1ccc2c(ccn2S(=O)(=O)c2ccc(C)cc2)c1.CCOC(=O)/C=C/c1ccc2ccn(S(=O)(=O)c3ccc(C)cc3)c2c1.CCOC(=O)/C=C/c1cccc2c1ccn2S(=O)(=O)c1ccc(C)cc1. The minimum atomic E-state index is -3.69. The van der Waals surface area contributed by atoms with Crippen LogP contribution in [0, 0.1) is 20.8 Å². The molecule has 0 atom stereocenters. The molecule has 0 bridgehead atoms. The summed E-state index contributed by atoms with van der Waals surface area (Å²) in [6.07, 6.45) is 13.5. The van der Waals surface area contributed by atoms with E-state index in [0.717, 1.165) is 44.0 Å². The molecule has 9 aromatic rings. The maximum absolute atomic E-state index is 13.0. The predicted octanol–water partition coefficient (Wildman–Crippen LogP) is 11.3. The van der Waals surface area contributed by atoms with Crippen LogP contribution in [-0.4, -0.2) is 74.9 Å². The van der Waals surface area contributed by atoms with Crippen LogP contribution in [-0.2, 0) is 58.7 Å². The smallest absolute Gasteiger partial charge is 0.330 e. The van der Waals surface area contributed by atoms with Crippen molar-refractivity contribution in [2.45, 2.75) is 56.2 Å². The van der Waals surface area contributed by atoms with Gasteiger partial charge in [0.15, 0.2) is 0 Å². The lowest BCUT2D eigenvalue weighted by Gasteiger charge is -2.08. The van der Waals surface area contributed by atoms with Gasteiger partial charge in [0.2, 0.25) is 0 Å². The van der Waals surface area contributed by atoms with Crippen molar-refractivity contribution in [1.29, 1.82) is 0 Å². The van der Waals surface area contributed by atoms with Gasteiger partial charge in [0.1, 0.15) is 0 Å². The Morgan fingerprint density at radius 3 is 1.28 bits per heavy atom. The van der Waals surface area contributed by atoms with Crippen molar-refractivity contribution < 1.29 is 53.8 Å². The summed E-state index contributed by atoms with van der Waals surface area (Å²) in [5, 5.41) is 2.31. The number of aromatic nitrogens is 3. The van der Waals surface area contributed by atoms with Crippen molar-refractivity contribution in [3.63, 3.8) is 0 Å². The van der Waals surface area contributed by atoms with Crippen LogP contribution < -0.4 is 0 Å². The molecule has 0 N–H and O–H groups in total. The van der Waals surface area contributed by atoms with Crippen molar-refractivity contribution >= 4 is 98.9 Å². The van der Waals surface area contributed by atoms with Crippen LogP contribution in [0.3, 0.4) is 0 Å². The van der Waals surface area contributed by atoms with E-state index in [-0.39, 0.29) is 14.7 Å². The van der Waals surface area contributed by atoms with Crippen molar-refractivity contribution in [1.82, 2.24) is 11.9 Å². The van der Waals surface area contributed by atoms with Crippen LogP contribution in [0.15, 0.2) is 197 Å². The largest absolute Gasteiger partial charge is 0.463 e.